The lowest BCUT2D eigenvalue weighted by atomic mass is 10.1. The predicted octanol–water partition coefficient (Wildman–Crippen LogP) is 3.24. The van der Waals surface area contributed by atoms with Gasteiger partial charge in [0, 0.05) is 17.4 Å². The van der Waals surface area contributed by atoms with Crippen molar-refractivity contribution in [2.24, 2.45) is 0 Å². The summed E-state index contributed by atoms with van der Waals surface area (Å²) in [4.78, 5) is 15.9. The molecule has 0 saturated carbocycles. The van der Waals surface area contributed by atoms with E-state index in [9.17, 15) is 18.0 Å². The van der Waals surface area contributed by atoms with Gasteiger partial charge in [-0.2, -0.15) is 13.2 Å². The van der Waals surface area contributed by atoms with Crippen molar-refractivity contribution in [3.63, 3.8) is 0 Å². The fraction of sp³-hybridized carbons (Fsp3) is 0.143. The number of nitrogens with zero attached hydrogens (tertiary/aromatic N) is 1. The number of hydrogen-bond donors (Lipinski definition) is 2. The number of halogens is 3. The number of benzene rings is 1. The third kappa shape index (κ3) is 3.50. The monoisotopic (exact) mass is 295 g/mol. The van der Waals surface area contributed by atoms with E-state index < -0.39 is 23.3 Å². The molecule has 0 atom stereocenters. The average molecular weight is 295 g/mol. The molecule has 0 fully saturated rings. The second kappa shape index (κ2) is 5.43. The van der Waals surface area contributed by atoms with Crippen molar-refractivity contribution in [1.82, 2.24) is 4.98 Å². The minimum Gasteiger partial charge on any atom is -0.398 e. The minimum absolute atomic E-state index is 0.127. The summed E-state index contributed by atoms with van der Waals surface area (Å²) < 4.78 is 38.3. The van der Waals surface area contributed by atoms with Crippen LogP contribution in [0.15, 0.2) is 36.7 Å². The Morgan fingerprint density at radius 2 is 1.95 bits per heavy atom. The van der Waals surface area contributed by atoms with E-state index in [1.807, 2.05) is 0 Å². The molecule has 1 aromatic carbocycles. The number of hydrogen-bond acceptors (Lipinski definition) is 3. The molecule has 21 heavy (non-hydrogen) atoms. The van der Waals surface area contributed by atoms with E-state index in [4.69, 9.17) is 5.73 Å². The van der Waals surface area contributed by atoms with Gasteiger partial charge in [0.05, 0.1) is 17.4 Å². The highest BCUT2D eigenvalue weighted by atomic mass is 19.4. The Bertz CT molecular complexity index is 683. The molecule has 2 rings (SSSR count). The van der Waals surface area contributed by atoms with Crippen LogP contribution in [0.1, 0.15) is 21.5 Å². The summed E-state index contributed by atoms with van der Waals surface area (Å²) in [6, 6.07) is 4.69. The zero-order chi connectivity index (χ0) is 15.6. The van der Waals surface area contributed by atoms with Gasteiger partial charge in [0.2, 0.25) is 0 Å². The maximum atomic E-state index is 12.8. The van der Waals surface area contributed by atoms with Gasteiger partial charge in [0.15, 0.2) is 0 Å². The van der Waals surface area contributed by atoms with Crippen molar-refractivity contribution in [1.29, 1.82) is 0 Å². The highest BCUT2D eigenvalue weighted by molar-refractivity contribution is 6.04. The van der Waals surface area contributed by atoms with Crippen molar-refractivity contribution in [2.45, 2.75) is 13.1 Å². The van der Waals surface area contributed by atoms with Crippen molar-refractivity contribution < 1.29 is 18.0 Å². The van der Waals surface area contributed by atoms with Crippen molar-refractivity contribution in [3.05, 3.63) is 53.3 Å². The van der Waals surface area contributed by atoms with Crippen molar-refractivity contribution >= 4 is 17.3 Å². The first-order valence-corrected chi connectivity index (χ1v) is 5.97. The molecule has 0 aliphatic heterocycles. The molecule has 2 aromatic rings. The summed E-state index contributed by atoms with van der Waals surface area (Å²) in [6.07, 6.45) is -1.60. The van der Waals surface area contributed by atoms with Crippen LogP contribution in [0, 0.1) is 6.92 Å². The number of carbonyl (C=O) groups is 1. The molecular formula is C14H12F3N3O. The second-order valence-electron chi connectivity index (χ2n) is 4.50. The smallest absolute Gasteiger partial charge is 0.398 e. The molecule has 0 unspecified atom stereocenters. The van der Waals surface area contributed by atoms with Gasteiger partial charge < -0.3 is 11.1 Å². The summed E-state index contributed by atoms with van der Waals surface area (Å²) in [6.45, 7) is 1.79. The molecule has 0 spiro atoms. The number of anilines is 2. The standard InChI is InChI=1S/C14H12F3N3O/c1-8-4-10(7-19-6-8)20-13(21)9-2-3-12(18)11(5-9)14(15,16)17/h2-7H,18H2,1H3,(H,20,21). The SMILES string of the molecule is Cc1cncc(NC(=O)c2ccc(N)c(C(F)(F)F)c2)c1. The summed E-state index contributed by atoms with van der Waals surface area (Å²) >= 11 is 0. The van der Waals surface area contributed by atoms with Crippen LogP contribution < -0.4 is 11.1 Å². The van der Waals surface area contributed by atoms with Crippen LogP contribution in [-0.4, -0.2) is 10.9 Å². The fourth-order valence-corrected chi connectivity index (χ4v) is 1.77. The number of carbonyl (C=O) groups excluding carboxylic acids is 1. The van der Waals surface area contributed by atoms with E-state index >= 15 is 0 Å². The first kappa shape index (κ1) is 14.8. The van der Waals surface area contributed by atoms with Crippen molar-refractivity contribution in [2.75, 3.05) is 11.1 Å². The lowest BCUT2D eigenvalue weighted by Gasteiger charge is -2.12. The van der Waals surface area contributed by atoms with E-state index in [1.165, 1.54) is 12.3 Å². The molecule has 3 N–H and O–H groups in total. The second-order valence-corrected chi connectivity index (χ2v) is 4.50. The van der Waals surface area contributed by atoms with Gasteiger partial charge in [0.1, 0.15) is 0 Å². The van der Waals surface area contributed by atoms with Crippen LogP contribution in [0.3, 0.4) is 0 Å². The lowest BCUT2D eigenvalue weighted by Crippen LogP contribution is -2.15. The molecular weight excluding hydrogens is 283 g/mol. The van der Waals surface area contributed by atoms with Gasteiger partial charge in [-0.15, -0.1) is 0 Å². The Morgan fingerprint density at radius 3 is 2.57 bits per heavy atom. The van der Waals surface area contributed by atoms with Crippen LogP contribution in [-0.2, 0) is 6.18 Å². The van der Waals surface area contributed by atoms with E-state index in [2.05, 4.69) is 10.3 Å². The molecule has 1 amide bonds. The minimum atomic E-state index is -4.61. The van der Waals surface area contributed by atoms with Crippen LogP contribution >= 0.6 is 0 Å². The molecule has 7 heteroatoms. The third-order valence-corrected chi connectivity index (χ3v) is 2.75. The van der Waals surface area contributed by atoms with Crippen LogP contribution in [0.4, 0.5) is 24.5 Å². The molecule has 1 aromatic heterocycles. The largest absolute Gasteiger partial charge is 0.418 e. The summed E-state index contributed by atoms with van der Waals surface area (Å²) in [5, 5.41) is 2.49. The fourth-order valence-electron chi connectivity index (χ4n) is 1.77. The van der Waals surface area contributed by atoms with Gasteiger partial charge in [-0.3, -0.25) is 9.78 Å². The number of aryl methyl sites for hydroxylation is 1. The van der Waals surface area contributed by atoms with Crippen LogP contribution in [0.5, 0.6) is 0 Å². The van der Waals surface area contributed by atoms with E-state index in [1.54, 1.807) is 19.2 Å². The summed E-state index contributed by atoms with van der Waals surface area (Å²) in [5.74, 6) is -0.659. The maximum Gasteiger partial charge on any atom is 0.418 e. The predicted molar refractivity (Wildman–Crippen MR) is 72.8 cm³/mol. The number of pyridine rings is 1. The summed E-state index contributed by atoms with van der Waals surface area (Å²) in [7, 11) is 0. The van der Waals surface area contributed by atoms with Crippen molar-refractivity contribution in [3.8, 4) is 0 Å². The van der Waals surface area contributed by atoms with Gasteiger partial charge in [-0.25, -0.2) is 0 Å². The first-order valence-electron chi connectivity index (χ1n) is 5.97. The third-order valence-electron chi connectivity index (χ3n) is 2.75. The number of nitrogens with two attached hydrogens (primary N) is 1. The number of nitrogens with one attached hydrogen (secondary N) is 1. The maximum absolute atomic E-state index is 12.8. The number of alkyl halides is 3. The van der Waals surface area contributed by atoms with Gasteiger partial charge in [-0.1, -0.05) is 0 Å². The Kier molecular flexibility index (Phi) is 3.84. The molecule has 1 heterocycles. The number of nitrogen functional groups attached to an aromatic ring is 1. The molecule has 0 saturated heterocycles. The Labute approximate surface area is 118 Å². The first-order chi connectivity index (χ1) is 9.77. The Balaban J connectivity index is 2.28. The quantitative estimate of drug-likeness (QED) is 0.836. The molecule has 110 valence electrons. The van der Waals surface area contributed by atoms with Crippen LogP contribution in [0.25, 0.3) is 0 Å². The van der Waals surface area contributed by atoms with Gasteiger partial charge >= 0.3 is 6.18 Å². The molecule has 4 nitrogen and oxygen atoms in total. The number of rotatable bonds is 2. The Morgan fingerprint density at radius 1 is 1.24 bits per heavy atom. The Hall–Kier alpha value is -2.57. The number of aromatic nitrogens is 1. The van der Waals surface area contributed by atoms with E-state index in [0.29, 0.717) is 5.69 Å². The average Bonchev–Trinajstić information content (AvgIpc) is 2.37. The van der Waals surface area contributed by atoms with E-state index in [0.717, 1.165) is 17.7 Å². The highest BCUT2D eigenvalue weighted by Gasteiger charge is 2.33. The number of amides is 1. The summed E-state index contributed by atoms with van der Waals surface area (Å²) in [5.41, 5.74) is 4.94. The zero-order valence-electron chi connectivity index (χ0n) is 11.0. The zero-order valence-corrected chi connectivity index (χ0v) is 11.0. The normalized spacial score (nSPS) is 11.2. The van der Waals surface area contributed by atoms with Crippen LogP contribution in [0.2, 0.25) is 0 Å². The highest BCUT2D eigenvalue weighted by Crippen LogP contribution is 2.34. The molecule has 0 bridgehead atoms. The molecule has 0 aliphatic carbocycles. The van der Waals surface area contributed by atoms with Gasteiger partial charge in [-0.05, 0) is 36.8 Å². The molecule has 0 radical (unpaired) electrons. The lowest BCUT2D eigenvalue weighted by molar-refractivity contribution is -0.136. The van der Waals surface area contributed by atoms with Gasteiger partial charge in [0.25, 0.3) is 5.91 Å². The topological polar surface area (TPSA) is 68.0 Å². The molecule has 0 aliphatic rings. The van der Waals surface area contributed by atoms with E-state index in [-0.39, 0.29) is 5.56 Å².